The second-order valence-electron chi connectivity index (χ2n) is 5.80. The van der Waals surface area contributed by atoms with Gasteiger partial charge in [-0.3, -0.25) is 0 Å². The minimum absolute atomic E-state index is 0.326. The van der Waals surface area contributed by atoms with E-state index < -0.39 is 21.8 Å². The summed E-state index contributed by atoms with van der Waals surface area (Å²) in [7, 11) is -3.21. The van der Waals surface area contributed by atoms with Gasteiger partial charge >= 0.3 is 6.18 Å². The van der Waals surface area contributed by atoms with Crippen LogP contribution in [0.25, 0.3) is 21.1 Å². The van der Waals surface area contributed by atoms with Crippen LogP contribution in [0.4, 0.5) is 13.2 Å². The molecule has 0 radical (unpaired) electrons. The third kappa shape index (κ3) is 5.38. The normalized spacial score (nSPS) is 12.4. The minimum atomic E-state index is -4.36. The van der Waals surface area contributed by atoms with Crippen molar-refractivity contribution in [3.63, 3.8) is 0 Å². The van der Waals surface area contributed by atoms with E-state index in [9.17, 15) is 21.6 Å². The van der Waals surface area contributed by atoms with Crippen molar-refractivity contribution in [2.24, 2.45) is 0 Å². The molecule has 2 heterocycles. The summed E-state index contributed by atoms with van der Waals surface area (Å²) in [6.07, 6.45) is -2.66. The standard InChI is InChI=1S/C17H15F3N2O2S3/c1-27(23,24)21-9-8-13-6-7-15(26-13)14-10-25-16(22-14)11-2-4-12(5-3-11)17(18,19)20/h2-7,10,21H,8-9H2,1H3. The van der Waals surface area contributed by atoms with Gasteiger partial charge in [0, 0.05) is 22.4 Å². The summed E-state index contributed by atoms with van der Waals surface area (Å²) in [6, 6.07) is 8.76. The molecule has 3 rings (SSSR count). The highest BCUT2D eigenvalue weighted by atomic mass is 32.2. The molecule has 0 saturated heterocycles. The molecule has 2 aromatic heterocycles. The fourth-order valence-corrected chi connectivity index (χ4v) is 4.67. The SMILES string of the molecule is CS(=O)(=O)NCCc1ccc(-c2csc(-c3ccc(C(F)(F)F)cc3)n2)s1. The predicted octanol–water partition coefficient (Wildman–Crippen LogP) is 4.65. The first-order valence-electron chi connectivity index (χ1n) is 7.79. The van der Waals surface area contributed by atoms with E-state index in [-0.39, 0.29) is 0 Å². The second kappa shape index (κ2) is 7.70. The van der Waals surface area contributed by atoms with Crippen molar-refractivity contribution in [3.05, 3.63) is 52.2 Å². The van der Waals surface area contributed by atoms with Crippen LogP contribution in [0.5, 0.6) is 0 Å². The molecule has 4 nitrogen and oxygen atoms in total. The van der Waals surface area contributed by atoms with Gasteiger partial charge in [-0.05, 0) is 30.7 Å². The number of hydrogen-bond donors (Lipinski definition) is 1. The lowest BCUT2D eigenvalue weighted by Gasteiger charge is -2.06. The second-order valence-corrected chi connectivity index (χ2v) is 9.65. The van der Waals surface area contributed by atoms with Gasteiger partial charge in [0.15, 0.2) is 0 Å². The van der Waals surface area contributed by atoms with Crippen LogP contribution in [-0.4, -0.2) is 26.2 Å². The zero-order valence-electron chi connectivity index (χ0n) is 14.1. The molecule has 3 aromatic rings. The summed E-state index contributed by atoms with van der Waals surface area (Å²) in [4.78, 5) is 6.46. The number of thiazole rings is 1. The van der Waals surface area contributed by atoms with Crippen LogP contribution >= 0.6 is 22.7 Å². The van der Waals surface area contributed by atoms with Crippen molar-refractivity contribution in [3.8, 4) is 21.1 Å². The average molecular weight is 433 g/mol. The van der Waals surface area contributed by atoms with Crippen molar-refractivity contribution >= 4 is 32.7 Å². The summed E-state index contributed by atoms with van der Waals surface area (Å²) in [5.74, 6) is 0. The number of aromatic nitrogens is 1. The van der Waals surface area contributed by atoms with E-state index in [1.165, 1.54) is 34.8 Å². The van der Waals surface area contributed by atoms with Crippen LogP contribution in [0, 0.1) is 0 Å². The first-order valence-corrected chi connectivity index (χ1v) is 11.4. The minimum Gasteiger partial charge on any atom is -0.235 e. The van der Waals surface area contributed by atoms with Gasteiger partial charge in [-0.25, -0.2) is 18.1 Å². The van der Waals surface area contributed by atoms with Gasteiger partial charge in [-0.1, -0.05) is 12.1 Å². The average Bonchev–Trinajstić information content (AvgIpc) is 3.22. The molecule has 0 spiro atoms. The van der Waals surface area contributed by atoms with Crippen molar-refractivity contribution < 1.29 is 21.6 Å². The number of sulfonamides is 1. The first kappa shape index (κ1) is 20.0. The molecule has 0 aliphatic heterocycles. The Bertz CT molecular complexity index is 1020. The summed E-state index contributed by atoms with van der Waals surface area (Å²) in [6.45, 7) is 0.326. The molecular formula is C17H15F3N2O2S3. The van der Waals surface area contributed by atoms with E-state index >= 15 is 0 Å². The maximum absolute atomic E-state index is 12.7. The van der Waals surface area contributed by atoms with E-state index in [0.29, 0.717) is 23.5 Å². The van der Waals surface area contributed by atoms with E-state index in [0.717, 1.165) is 33.8 Å². The quantitative estimate of drug-likeness (QED) is 0.617. The molecule has 0 saturated carbocycles. The van der Waals surface area contributed by atoms with E-state index in [2.05, 4.69) is 9.71 Å². The van der Waals surface area contributed by atoms with Crippen LogP contribution in [0.2, 0.25) is 0 Å². The molecule has 1 aromatic carbocycles. The molecular weight excluding hydrogens is 417 g/mol. The number of nitrogens with one attached hydrogen (secondary N) is 1. The highest BCUT2D eigenvalue weighted by Gasteiger charge is 2.30. The number of benzene rings is 1. The zero-order valence-corrected chi connectivity index (χ0v) is 16.5. The number of nitrogens with zero attached hydrogens (tertiary/aromatic N) is 1. The predicted molar refractivity (Wildman–Crippen MR) is 102 cm³/mol. The molecule has 1 N–H and O–H groups in total. The number of thiophene rings is 1. The Morgan fingerprint density at radius 2 is 1.81 bits per heavy atom. The first-order chi connectivity index (χ1) is 12.6. The number of alkyl halides is 3. The van der Waals surface area contributed by atoms with Crippen LogP contribution in [0.3, 0.4) is 0 Å². The van der Waals surface area contributed by atoms with E-state index in [1.807, 2.05) is 17.5 Å². The summed E-state index contributed by atoms with van der Waals surface area (Å²) >= 11 is 2.88. The number of rotatable bonds is 6. The molecule has 0 amide bonds. The van der Waals surface area contributed by atoms with Gasteiger partial charge in [0.05, 0.1) is 22.4 Å². The number of hydrogen-bond acceptors (Lipinski definition) is 5. The lowest BCUT2D eigenvalue weighted by atomic mass is 10.1. The maximum Gasteiger partial charge on any atom is 0.416 e. The van der Waals surface area contributed by atoms with Crippen molar-refractivity contribution in [1.29, 1.82) is 0 Å². The Labute approximate surface area is 162 Å². The zero-order chi connectivity index (χ0) is 19.7. The third-order valence-electron chi connectivity index (χ3n) is 3.61. The van der Waals surface area contributed by atoms with Gasteiger partial charge < -0.3 is 0 Å². The van der Waals surface area contributed by atoms with Gasteiger partial charge in [0.25, 0.3) is 0 Å². The van der Waals surface area contributed by atoms with Crippen LogP contribution in [0.1, 0.15) is 10.4 Å². The Hall–Kier alpha value is -1.75. The van der Waals surface area contributed by atoms with Gasteiger partial charge in [-0.15, -0.1) is 22.7 Å². The third-order valence-corrected chi connectivity index (χ3v) is 6.40. The molecule has 27 heavy (non-hydrogen) atoms. The van der Waals surface area contributed by atoms with Gasteiger partial charge in [-0.2, -0.15) is 13.2 Å². The molecule has 0 unspecified atom stereocenters. The topological polar surface area (TPSA) is 59.1 Å². The van der Waals surface area contributed by atoms with Crippen LogP contribution in [0.15, 0.2) is 41.8 Å². The van der Waals surface area contributed by atoms with E-state index in [1.54, 1.807) is 0 Å². The smallest absolute Gasteiger partial charge is 0.235 e. The van der Waals surface area contributed by atoms with Crippen LogP contribution in [-0.2, 0) is 22.6 Å². The monoisotopic (exact) mass is 432 g/mol. The van der Waals surface area contributed by atoms with Crippen molar-refractivity contribution in [1.82, 2.24) is 9.71 Å². The molecule has 0 atom stereocenters. The number of halogens is 3. The molecule has 0 aliphatic carbocycles. The lowest BCUT2D eigenvalue weighted by Crippen LogP contribution is -2.23. The van der Waals surface area contributed by atoms with Gasteiger partial charge in [0.1, 0.15) is 5.01 Å². The Kier molecular flexibility index (Phi) is 5.71. The molecule has 144 valence electrons. The van der Waals surface area contributed by atoms with Crippen molar-refractivity contribution in [2.45, 2.75) is 12.6 Å². The Morgan fingerprint density at radius 1 is 1.11 bits per heavy atom. The molecule has 0 aliphatic rings. The summed E-state index contributed by atoms with van der Waals surface area (Å²) in [5, 5.41) is 2.50. The fraction of sp³-hybridized carbons (Fsp3) is 0.235. The molecule has 0 bridgehead atoms. The summed E-state index contributed by atoms with van der Waals surface area (Å²) < 4.78 is 62.6. The largest absolute Gasteiger partial charge is 0.416 e. The van der Waals surface area contributed by atoms with Gasteiger partial charge in [0.2, 0.25) is 10.0 Å². The molecule has 10 heteroatoms. The highest BCUT2D eigenvalue weighted by Crippen LogP contribution is 2.35. The maximum atomic E-state index is 12.7. The fourth-order valence-electron chi connectivity index (χ4n) is 2.33. The summed E-state index contributed by atoms with van der Waals surface area (Å²) in [5.41, 5.74) is 0.698. The highest BCUT2D eigenvalue weighted by molar-refractivity contribution is 7.88. The Morgan fingerprint density at radius 3 is 2.44 bits per heavy atom. The Balaban J connectivity index is 1.71. The van der Waals surface area contributed by atoms with Crippen molar-refractivity contribution in [2.75, 3.05) is 12.8 Å². The molecule has 0 fully saturated rings. The lowest BCUT2D eigenvalue weighted by molar-refractivity contribution is -0.137. The van der Waals surface area contributed by atoms with E-state index in [4.69, 9.17) is 0 Å². The van der Waals surface area contributed by atoms with Crippen LogP contribution < -0.4 is 4.72 Å².